The number of rotatable bonds is 4. The number of tetrazole rings is 1. The van der Waals surface area contributed by atoms with Crippen molar-refractivity contribution in [2.24, 2.45) is 0 Å². The van der Waals surface area contributed by atoms with Gasteiger partial charge in [-0.2, -0.15) is 0 Å². The molecule has 0 aromatic carbocycles. The second-order valence-corrected chi connectivity index (χ2v) is 3.65. The van der Waals surface area contributed by atoms with Crippen LogP contribution in [0.15, 0.2) is 28.8 Å². The van der Waals surface area contributed by atoms with E-state index in [-0.39, 0.29) is 6.54 Å². The van der Waals surface area contributed by atoms with Crippen LogP contribution >= 0.6 is 11.8 Å². The van der Waals surface area contributed by atoms with Gasteiger partial charge >= 0.3 is 5.97 Å². The molecule has 9 heteroatoms. The summed E-state index contributed by atoms with van der Waals surface area (Å²) >= 11 is 1.18. The maximum Gasteiger partial charge on any atom is 0.325 e. The van der Waals surface area contributed by atoms with Gasteiger partial charge in [0.15, 0.2) is 0 Å². The van der Waals surface area contributed by atoms with E-state index in [9.17, 15) is 4.79 Å². The molecule has 0 aliphatic carbocycles. The van der Waals surface area contributed by atoms with Crippen molar-refractivity contribution in [1.29, 1.82) is 0 Å². The minimum atomic E-state index is -1.00. The highest BCUT2D eigenvalue weighted by Gasteiger charge is 2.11. The van der Waals surface area contributed by atoms with E-state index >= 15 is 0 Å². The molecule has 0 fully saturated rings. The van der Waals surface area contributed by atoms with E-state index in [1.165, 1.54) is 22.8 Å². The molecule has 2 heterocycles. The molecule has 8 nitrogen and oxygen atoms in total. The van der Waals surface area contributed by atoms with Crippen LogP contribution in [0.3, 0.4) is 0 Å². The van der Waals surface area contributed by atoms with Crippen molar-refractivity contribution in [2.75, 3.05) is 0 Å². The zero-order valence-corrected chi connectivity index (χ0v) is 8.70. The standard InChI is InChI=1S/C7H6N6O2S/c14-6(15)3-13-7(10-11-12-13)16-5-1-2-8-4-9-5/h1-2,4H,3H2,(H,14,15). The van der Waals surface area contributed by atoms with E-state index in [1.54, 1.807) is 12.3 Å². The highest BCUT2D eigenvalue weighted by molar-refractivity contribution is 7.99. The van der Waals surface area contributed by atoms with Gasteiger partial charge in [-0.15, -0.1) is 5.10 Å². The van der Waals surface area contributed by atoms with Gasteiger partial charge in [0.2, 0.25) is 5.16 Å². The van der Waals surface area contributed by atoms with E-state index < -0.39 is 5.97 Å². The summed E-state index contributed by atoms with van der Waals surface area (Å²) in [5, 5.41) is 20.3. The van der Waals surface area contributed by atoms with Crippen molar-refractivity contribution in [3.8, 4) is 0 Å². The number of aliphatic carboxylic acids is 1. The molecule has 2 rings (SSSR count). The van der Waals surface area contributed by atoms with Gasteiger partial charge in [0, 0.05) is 6.20 Å². The zero-order valence-electron chi connectivity index (χ0n) is 7.89. The van der Waals surface area contributed by atoms with Gasteiger partial charge in [-0.1, -0.05) is 0 Å². The number of hydrogen-bond acceptors (Lipinski definition) is 7. The normalized spacial score (nSPS) is 10.2. The van der Waals surface area contributed by atoms with Crippen LogP contribution in [0.4, 0.5) is 0 Å². The molecular weight excluding hydrogens is 232 g/mol. The quantitative estimate of drug-likeness (QED) is 0.723. The average Bonchev–Trinajstić information content (AvgIpc) is 2.66. The Morgan fingerprint density at radius 1 is 1.56 bits per heavy atom. The molecule has 0 saturated carbocycles. The van der Waals surface area contributed by atoms with Gasteiger partial charge in [-0.3, -0.25) is 4.79 Å². The van der Waals surface area contributed by atoms with Gasteiger partial charge in [-0.25, -0.2) is 14.6 Å². The molecule has 0 radical (unpaired) electrons. The monoisotopic (exact) mass is 238 g/mol. The SMILES string of the molecule is O=C(O)Cn1nnnc1Sc1ccncn1. The second kappa shape index (κ2) is 4.66. The molecule has 0 unspecified atom stereocenters. The van der Waals surface area contributed by atoms with Crippen LogP contribution in [-0.4, -0.2) is 41.3 Å². The molecule has 0 saturated heterocycles. The fourth-order valence-electron chi connectivity index (χ4n) is 0.929. The molecule has 0 bridgehead atoms. The highest BCUT2D eigenvalue weighted by atomic mass is 32.2. The number of aromatic nitrogens is 6. The van der Waals surface area contributed by atoms with Crippen molar-refractivity contribution in [2.45, 2.75) is 16.7 Å². The summed E-state index contributed by atoms with van der Waals surface area (Å²) < 4.78 is 1.19. The number of carbonyl (C=O) groups is 1. The van der Waals surface area contributed by atoms with Gasteiger partial charge in [0.25, 0.3) is 0 Å². The fourth-order valence-corrected chi connectivity index (χ4v) is 1.63. The summed E-state index contributed by atoms with van der Waals surface area (Å²) in [5.41, 5.74) is 0. The van der Waals surface area contributed by atoms with Crippen molar-refractivity contribution < 1.29 is 9.90 Å². The Kier molecular flexibility index (Phi) is 3.05. The largest absolute Gasteiger partial charge is 0.480 e. The van der Waals surface area contributed by atoms with Crippen molar-refractivity contribution in [3.05, 3.63) is 18.6 Å². The van der Waals surface area contributed by atoms with Gasteiger partial charge in [0.1, 0.15) is 17.9 Å². The van der Waals surface area contributed by atoms with Gasteiger partial charge < -0.3 is 5.11 Å². The van der Waals surface area contributed by atoms with E-state index in [1.807, 2.05) is 0 Å². The van der Waals surface area contributed by atoms with Crippen LogP contribution in [0.5, 0.6) is 0 Å². The topological polar surface area (TPSA) is 107 Å². The molecule has 82 valence electrons. The predicted octanol–water partition coefficient (Wildman–Crippen LogP) is -0.301. The number of nitrogens with zero attached hydrogens (tertiary/aromatic N) is 6. The lowest BCUT2D eigenvalue weighted by atomic mass is 10.7. The summed E-state index contributed by atoms with van der Waals surface area (Å²) in [5.74, 6) is -1.00. The third kappa shape index (κ3) is 2.51. The summed E-state index contributed by atoms with van der Waals surface area (Å²) in [7, 11) is 0. The molecule has 1 N–H and O–H groups in total. The Morgan fingerprint density at radius 2 is 2.44 bits per heavy atom. The number of hydrogen-bond donors (Lipinski definition) is 1. The predicted molar refractivity (Wildman–Crippen MR) is 51.6 cm³/mol. The summed E-state index contributed by atoms with van der Waals surface area (Å²) in [4.78, 5) is 18.3. The van der Waals surface area contributed by atoms with Gasteiger partial charge in [0.05, 0.1) is 0 Å². The van der Waals surface area contributed by atoms with E-state index in [2.05, 4.69) is 25.5 Å². The molecule has 16 heavy (non-hydrogen) atoms. The molecular formula is C7H6N6O2S. The maximum absolute atomic E-state index is 10.5. The highest BCUT2D eigenvalue weighted by Crippen LogP contribution is 2.21. The Balaban J connectivity index is 2.16. The first kappa shape index (κ1) is 10.5. The van der Waals surface area contributed by atoms with Crippen LogP contribution < -0.4 is 0 Å². The Bertz CT molecular complexity index is 487. The summed E-state index contributed by atoms with van der Waals surface area (Å²) in [6.45, 7) is -0.277. The Morgan fingerprint density at radius 3 is 3.12 bits per heavy atom. The molecule has 0 spiro atoms. The molecule has 2 aromatic rings. The third-order valence-corrected chi connectivity index (χ3v) is 2.46. The van der Waals surface area contributed by atoms with E-state index in [4.69, 9.17) is 5.11 Å². The molecule has 0 aliphatic heterocycles. The van der Waals surface area contributed by atoms with Gasteiger partial charge in [-0.05, 0) is 28.3 Å². The van der Waals surface area contributed by atoms with Crippen molar-refractivity contribution in [1.82, 2.24) is 30.2 Å². The second-order valence-electron chi connectivity index (χ2n) is 2.66. The fraction of sp³-hybridized carbons (Fsp3) is 0.143. The Hall–Kier alpha value is -2.03. The maximum atomic E-state index is 10.5. The number of carboxylic acids is 1. The lowest BCUT2D eigenvalue weighted by Gasteiger charge is -1.99. The Labute approximate surface area is 93.7 Å². The minimum absolute atomic E-state index is 0.277. The van der Waals surface area contributed by atoms with Crippen LogP contribution in [0.25, 0.3) is 0 Å². The molecule has 0 atom stereocenters. The van der Waals surface area contributed by atoms with Crippen LogP contribution in [0, 0.1) is 0 Å². The number of carboxylic acid groups (broad SMARTS) is 1. The lowest BCUT2D eigenvalue weighted by Crippen LogP contribution is -2.11. The van der Waals surface area contributed by atoms with E-state index in [0.717, 1.165) is 0 Å². The minimum Gasteiger partial charge on any atom is -0.480 e. The summed E-state index contributed by atoms with van der Waals surface area (Å²) in [6, 6.07) is 1.68. The molecule has 0 amide bonds. The lowest BCUT2D eigenvalue weighted by molar-refractivity contribution is -0.138. The van der Waals surface area contributed by atoms with E-state index in [0.29, 0.717) is 10.2 Å². The first-order valence-electron chi connectivity index (χ1n) is 4.17. The van der Waals surface area contributed by atoms with Crippen LogP contribution in [-0.2, 0) is 11.3 Å². The van der Waals surface area contributed by atoms with Crippen molar-refractivity contribution in [3.63, 3.8) is 0 Å². The van der Waals surface area contributed by atoms with Crippen molar-refractivity contribution >= 4 is 17.7 Å². The smallest absolute Gasteiger partial charge is 0.325 e. The van der Waals surface area contributed by atoms with Crippen LogP contribution in [0.1, 0.15) is 0 Å². The first-order chi connectivity index (χ1) is 7.75. The summed E-state index contributed by atoms with van der Waals surface area (Å²) in [6.07, 6.45) is 2.98. The average molecular weight is 238 g/mol. The van der Waals surface area contributed by atoms with Crippen LogP contribution in [0.2, 0.25) is 0 Å². The zero-order chi connectivity index (χ0) is 11.4. The molecule has 0 aliphatic rings. The molecule has 2 aromatic heterocycles. The third-order valence-electron chi connectivity index (χ3n) is 1.53. The first-order valence-corrected chi connectivity index (χ1v) is 4.99.